The van der Waals surface area contributed by atoms with Crippen LogP contribution in [-0.2, 0) is 9.53 Å². The Morgan fingerprint density at radius 2 is 2.22 bits per heavy atom. The summed E-state index contributed by atoms with van der Waals surface area (Å²) in [5.41, 5.74) is -0.00722. The molecule has 10 heteroatoms. The van der Waals surface area contributed by atoms with E-state index in [1.165, 1.54) is 23.5 Å². The van der Waals surface area contributed by atoms with Gasteiger partial charge in [-0.1, -0.05) is 0 Å². The summed E-state index contributed by atoms with van der Waals surface area (Å²) in [5.74, 6) is -1.06. The van der Waals surface area contributed by atoms with Gasteiger partial charge in [0.2, 0.25) is 0 Å². The molecule has 2 aromatic rings. The summed E-state index contributed by atoms with van der Waals surface area (Å²) >= 11 is 1.30. The average Bonchev–Trinajstić information content (AvgIpc) is 3.03. The number of rotatable bonds is 6. The molecule has 1 atom stereocenters. The monoisotopic (exact) mass is 393 g/mol. The van der Waals surface area contributed by atoms with Gasteiger partial charge in [-0.15, -0.1) is 11.3 Å². The van der Waals surface area contributed by atoms with E-state index < -0.39 is 10.9 Å². The largest absolute Gasteiger partial charge is 0.480 e. The van der Waals surface area contributed by atoms with Crippen molar-refractivity contribution in [2.24, 2.45) is 0 Å². The highest BCUT2D eigenvalue weighted by Gasteiger charge is 2.27. The fourth-order valence-electron chi connectivity index (χ4n) is 3.06. The van der Waals surface area contributed by atoms with Crippen molar-refractivity contribution < 1.29 is 24.4 Å². The van der Waals surface area contributed by atoms with Gasteiger partial charge in [0.05, 0.1) is 29.1 Å². The van der Waals surface area contributed by atoms with E-state index >= 15 is 0 Å². The van der Waals surface area contributed by atoms with Crippen LogP contribution in [-0.4, -0.2) is 77.6 Å². The Bertz CT molecular complexity index is 883. The zero-order valence-corrected chi connectivity index (χ0v) is 15.5. The molecule has 3 rings (SSSR count). The number of thiophene rings is 1. The molecule has 27 heavy (non-hydrogen) atoms. The molecule has 9 nitrogen and oxygen atoms in total. The van der Waals surface area contributed by atoms with Crippen LogP contribution in [0.25, 0.3) is 10.1 Å². The summed E-state index contributed by atoms with van der Waals surface area (Å²) in [4.78, 5) is 37.9. The normalized spacial score (nSPS) is 17.4. The molecule has 1 fully saturated rings. The second-order valence-corrected chi connectivity index (χ2v) is 7.51. The first-order valence-corrected chi connectivity index (χ1v) is 9.14. The highest BCUT2D eigenvalue weighted by Crippen LogP contribution is 2.30. The van der Waals surface area contributed by atoms with Crippen molar-refractivity contribution >= 4 is 39.0 Å². The number of amides is 1. The minimum Gasteiger partial charge on any atom is -0.480 e. The number of carbonyl (C=O) groups excluding carboxylic acids is 1. The summed E-state index contributed by atoms with van der Waals surface area (Å²) in [5, 5.41) is 20.4. The lowest BCUT2D eigenvalue weighted by Crippen LogP contribution is -2.49. The fourth-order valence-corrected chi connectivity index (χ4v) is 4.07. The molecule has 1 aromatic heterocycles. The zero-order valence-electron chi connectivity index (χ0n) is 14.7. The van der Waals surface area contributed by atoms with E-state index in [2.05, 4.69) is 0 Å². The van der Waals surface area contributed by atoms with Crippen LogP contribution in [0.5, 0.6) is 0 Å². The molecule has 1 aliphatic heterocycles. The van der Waals surface area contributed by atoms with Gasteiger partial charge in [0.15, 0.2) is 0 Å². The third-order valence-corrected chi connectivity index (χ3v) is 5.37. The van der Waals surface area contributed by atoms with Gasteiger partial charge in [-0.3, -0.25) is 24.6 Å². The Kier molecular flexibility index (Phi) is 5.68. The summed E-state index contributed by atoms with van der Waals surface area (Å²) < 4.78 is 6.46. The fraction of sp³-hybridized carbons (Fsp3) is 0.412. The van der Waals surface area contributed by atoms with E-state index in [1.807, 2.05) is 0 Å². The highest BCUT2D eigenvalue weighted by molar-refractivity contribution is 7.20. The Balaban J connectivity index is 1.70. The van der Waals surface area contributed by atoms with Crippen LogP contribution in [0.2, 0.25) is 0 Å². The lowest BCUT2D eigenvalue weighted by molar-refractivity contribution is -0.384. The molecular formula is C17H19N3O6S. The molecule has 1 unspecified atom stereocenters. The summed E-state index contributed by atoms with van der Waals surface area (Å²) in [6.07, 6.45) is -0.262. The number of morpholine rings is 1. The second kappa shape index (κ2) is 7.99. The molecule has 1 amide bonds. The van der Waals surface area contributed by atoms with Gasteiger partial charge in [-0.2, -0.15) is 0 Å². The van der Waals surface area contributed by atoms with E-state index in [0.717, 1.165) is 4.70 Å². The average molecular weight is 393 g/mol. The molecule has 0 aliphatic carbocycles. The van der Waals surface area contributed by atoms with Crippen LogP contribution in [0, 0.1) is 10.1 Å². The highest BCUT2D eigenvalue weighted by atomic mass is 32.1. The number of carbonyl (C=O) groups is 2. The number of benzene rings is 1. The molecular weight excluding hydrogens is 374 g/mol. The lowest BCUT2D eigenvalue weighted by Gasteiger charge is -2.34. The smallest absolute Gasteiger partial charge is 0.317 e. The van der Waals surface area contributed by atoms with Gasteiger partial charge in [0, 0.05) is 41.9 Å². The molecule has 1 saturated heterocycles. The third kappa shape index (κ3) is 4.59. The Morgan fingerprint density at radius 3 is 2.93 bits per heavy atom. The van der Waals surface area contributed by atoms with Crippen molar-refractivity contribution in [3.63, 3.8) is 0 Å². The molecule has 0 radical (unpaired) electrons. The van der Waals surface area contributed by atoms with Crippen LogP contribution >= 0.6 is 11.3 Å². The Labute approximate surface area is 158 Å². The van der Waals surface area contributed by atoms with Crippen LogP contribution in [0.1, 0.15) is 9.67 Å². The molecule has 144 valence electrons. The van der Waals surface area contributed by atoms with Crippen molar-refractivity contribution in [2.45, 2.75) is 6.10 Å². The molecule has 1 N–H and O–H groups in total. The summed E-state index contributed by atoms with van der Waals surface area (Å²) in [7, 11) is 1.69. The standard InChI is InChI=1S/C17H19N3O6S/c1-18(10-16(21)22)8-13-9-19(4-5-26-13)17(23)15-7-11-6-12(20(24)25)2-3-14(11)27-15/h2-3,6-7,13H,4-5,8-10H2,1H3,(H,21,22). The quantitative estimate of drug-likeness (QED) is 0.586. The maximum atomic E-state index is 12.8. The lowest BCUT2D eigenvalue weighted by atomic mass is 10.2. The van der Waals surface area contributed by atoms with E-state index in [9.17, 15) is 19.7 Å². The maximum absolute atomic E-state index is 12.8. The van der Waals surface area contributed by atoms with E-state index in [1.54, 1.807) is 29.0 Å². The molecule has 2 heterocycles. The third-order valence-electron chi connectivity index (χ3n) is 4.27. The first kappa shape index (κ1) is 19.2. The van der Waals surface area contributed by atoms with Gasteiger partial charge in [0.25, 0.3) is 11.6 Å². The van der Waals surface area contributed by atoms with Crippen LogP contribution in [0.4, 0.5) is 5.69 Å². The van der Waals surface area contributed by atoms with Crippen LogP contribution in [0.15, 0.2) is 24.3 Å². The SMILES string of the molecule is CN(CC(=O)O)CC1CN(C(=O)c2cc3cc([N+](=O)[O-])ccc3s2)CCO1. The van der Waals surface area contributed by atoms with Gasteiger partial charge in [-0.25, -0.2) is 0 Å². The predicted octanol–water partition coefficient (Wildman–Crippen LogP) is 1.67. The number of hydrogen-bond acceptors (Lipinski definition) is 7. The second-order valence-electron chi connectivity index (χ2n) is 6.42. The Hall–Kier alpha value is -2.56. The number of nitrogens with zero attached hydrogens (tertiary/aromatic N) is 3. The number of carboxylic acid groups (broad SMARTS) is 1. The zero-order chi connectivity index (χ0) is 19.6. The van der Waals surface area contributed by atoms with Gasteiger partial charge >= 0.3 is 5.97 Å². The number of likely N-dealkylation sites (N-methyl/N-ethyl adjacent to an activating group) is 1. The van der Waals surface area contributed by atoms with Gasteiger partial charge in [-0.05, 0) is 19.2 Å². The number of nitro groups is 1. The minimum atomic E-state index is -0.916. The van der Waals surface area contributed by atoms with E-state index in [4.69, 9.17) is 9.84 Å². The Morgan fingerprint density at radius 1 is 1.44 bits per heavy atom. The maximum Gasteiger partial charge on any atom is 0.317 e. The first-order valence-electron chi connectivity index (χ1n) is 8.32. The van der Waals surface area contributed by atoms with Crippen molar-refractivity contribution in [3.8, 4) is 0 Å². The summed E-state index contributed by atoms with van der Waals surface area (Å²) in [6, 6.07) is 6.22. The number of non-ortho nitro benzene ring substituents is 1. The topological polar surface area (TPSA) is 113 Å². The van der Waals surface area contributed by atoms with Crippen molar-refractivity contribution in [3.05, 3.63) is 39.3 Å². The molecule has 1 aromatic carbocycles. The van der Waals surface area contributed by atoms with Crippen molar-refractivity contribution in [1.29, 1.82) is 0 Å². The van der Waals surface area contributed by atoms with Crippen LogP contribution < -0.4 is 0 Å². The van der Waals surface area contributed by atoms with Crippen LogP contribution in [0.3, 0.4) is 0 Å². The van der Waals surface area contributed by atoms with Gasteiger partial charge in [0.1, 0.15) is 0 Å². The molecule has 0 saturated carbocycles. The number of nitro benzene ring substituents is 1. The predicted molar refractivity (Wildman–Crippen MR) is 99.3 cm³/mol. The summed E-state index contributed by atoms with van der Waals surface area (Å²) in [6.45, 7) is 1.52. The number of fused-ring (bicyclic) bond motifs is 1. The van der Waals surface area contributed by atoms with E-state index in [-0.39, 0.29) is 24.2 Å². The first-order chi connectivity index (χ1) is 12.8. The van der Waals surface area contributed by atoms with Crippen molar-refractivity contribution in [1.82, 2.24) is 9.80 Å². The minimum absolute atomic E-state index is 0.00722. The number of aliphatic carboxylic acids is 1. The van der Waals surface area contributed by atoms with Crippen molar-refractivity contribution in [2.75, 3.05) is 39.8 Å². The van der Waals surface area contributed by atoms with Gasteiger partial charge < -0.3 is 14.7 Å². The van der Waals surface area contributed by atoms with E-state index in [0.29, 0.717) is 36.5 Å². The molecule has 0 bridgehead atoms. The number of hydrogen-bond donors (Lipinski definition) is 1. The number of ether oxygens (including phenoxy) is 1. The number of carboxylic acids is 1. The molecule has 0 spiro atoms. The molecule has 1 aliphatic rings.